The van der Waals surface area contributed by atoms with Crippen molar-refractivity contribution in [3.05, 3.63) is 94.5 Å². The SMILES string of the molecule is Cc1ccccc1CNC(=O)c1ccc(N(C)S(=O)(=O)c2ccc(Cl)cc2)cc1. The van der Waals surface area contributed by atoms with Crippen molar-refractivity contribution in [2.45, 2.75) is 18.4 Å². The summed E-state index contributed by atoms with van der Waals surface area (Å²) in [4.78, 5) is 12.5. The van der Waals surface area contributed by atoms with E-state index in [0.29, 0.717) is 22.8 Å². The summed E-state index contributed by atoms with van der Waals surface area (Å²) in [6.07, 6.45) is 0. The molecule has 0 fully saturated rings. The number of rotatable bonds is 6. The number of nitrogens with zero attached hydrogens (tertiary/aromatic N) is 1. The first-order chi connectivity index (χ1) is 13.8. The van der Waals surface area contributed by atoms with E-state index in [0.717, 1.165) is 11.1 Å². The quantitative estimate of drug-likeness (QED) is 0.632. The summed E-state index contributed by atoms with van der Waals surface area (Å²) in [5.41, 5.74) is 3.07. The average Bonchev–Trinajstić information content (AvgIpc) is 2.73. The van der Waals surface area contributed by atoms with Gasteiger partial charge in [-0.05, 0) is 66.6 Å². The Balaban J connectivity index is 1.71. The van der Waals surface area contributed by atoms with Gasteiger partial charge >= 0.3 is 0 Å². The Bertz CT molecular complexity index is 1110. The van der Waals surface area contributed by atoms with Gasteiger partial charge in [-0.1, -0.05) is 35.9 Å². The van der Waals surface area contributed by atoms with Gasteiger partial charge in [-0.25, -0.2) is 8.42 Å². The lowest BCUT2D eigenvalue weighted by Crippen LogP contribution is -2.27. The summed E-state index contributed by atoms with van der Waals surface area (Å²) in [6.45, 7) is 2.42. The molecule has 3 rings (SSSR count). The molecular formula is C22H21ClN2O3S. The molecule has 0 unspecified atom stereocenters. The lowest BCUT2D eigenvalue weighted by atomic mass is 10.1. The summed E-state index contributed by atoms with van der Waals surface area (Å²) >= 11 is 5.83. The molecule has 3 aromatic rings. The predicted molar refractivity (Wildman–Crippen MR) is 116 cm³/mol. The molecule has 0 heterocycles. The number of nitrogens with one attached hydrogen (secondary N) is 1. The lowest BCUT2D eigenvalue weighted by Gasteiger charge is -2.20. The lowest BCUT2D eigenvalue weighted by molar-refractivity contribution is 0.0951. The number of benzene rings is 3. The summed E-state index contributed by atoms with van der Waals surface area (Å²) < 4.78 is 26.7. The fourth-order valence-electron chi connectivity index (χ4n) is 2.81. The molecule has 150 valence electrons. The molecule has 0 saturated heterocycles. The van der Waals surface area contributed by atoms with Gasteiger partial charge in [-0.3, -0.25) is 9.10 Å². The molecule has 1 amide bonds. The Hall–Kier alpha value is -2.83. The van der Waals surface area contributed by atoms with Crippen molar-refractivity contribution in [2.75, 3.05) is 11.4 Å². The summed E-state index contributed by atoms with van der Waals surface area (Å²) in [5, 5.41) is 3.35. The Kier molecular flexibility index (Phi) is 6.25. The molecule has 0 aromatic heterocycles. The molecule has 29 heavy (non-hydrogen) atoms. The van der Waals surface area contributed by atoms with Gasteiger partial charge in [-0.15, -0.1) is 0 Å². The number of hydrogen-bond donors (Lipinski definition) is 1. The molecule has 0 aliphatic carbocycles. The van der Waals surface area contributed by atoms with E-state index in [1.165, 1.54) is 35.6 Å². The van der Waals surface area contributed by atoms with Crippen LogP contribution in [0.1, 0.15) is 21.5 Å². The van der Waals surface area contributed by atoms with Crippen LogP contribution in [0, 0.1) is 6.92 Å². The Morgan fingerprint density at radius 2 is 1.59 bits per heavy atom. The minimum absolute atomic E-state index is 0.143. The zero-order chi connectivity index (χ0) is 21.0. The van der Waals surface area contributed by atoms with Crippen LogP contribution in [-0.4, -0.2) is 21.4 Å². The molecule has 0 radical (unpaired) electrons. The number of aryl methyl sites for hydroxylation is 1. The van der Waals surface area contributed by atoms with Gasteiger partial charge in [0.05, 0.1) is 10.6 Å². The van der Waals surface area contributed by atoms with Gasteiger partial charge in [0.2, 0.25) is 0 Å². The number of sulfonamides is 1. The van der Waals surface area contributed by atoms with E-state index in [1.54, 1.807) is 24.3 Å². The number of anilines is 1. The molecule has 1 N–H and O–H groups in total. The number of amides is 1. The van der Waals surface area contributed by atoms with Crippen molar-refractivity contribution in [3.8, 4) is 0 Å². The van der Waals surface area contributed by atoms with E-state index < -0.39 is 10.0 Å². The minimum Gasteiger partial charge on any atom is -0.348 e. The molecule has 0 bridgehead atoms. The van der Waals surface area contributed by atoms with E-state index in [4.69, 9.17) is 11.6 Å². The van der Waals surface area contributed by atoms with Gasteiger partial charge < -0.3 is 5.32 Å². The maximum Gasteiger partial charge on any atom is 0.264 e. The van der Waals surface area contributed by atoms with E-state index in [1.807, 2.05) is 31.2 Å². The number of hydrogen-bond acceptors (Lipinski definition) is 3. The molecule has 5 nitrogen and oxygen atoms in total. The van der Waals surface area contributed by atoms with E-state index in [-0.39, 0.29) is 10.8 Å². The Morgan fingerprint density at radius 3 is 2.21 bits per heavy atom. The molecular weight excluding hydrogens is 408 g/mol. The van der Waals surface area contributed by atoms with Crippen molar-refractivity contribution in [1.82, 2.24) is 5.32 Å². The van der Waals surface area contributed by atoms with Crippen LogP contribution in [0.25, 0.3) is 0 Å². The monoisotopic (exact) mass is 428 g/mol. The van der Waals surface area contributed by atoms with Crippen LogP contribution in [0.2, 0.25) is 5.02 Å². The average molecular weight is 429 g/mol. The van der Waals surface area contributed by atoms with Crippen LogP contribution < -0.4 is 9.62 Å². The van der Waals surface area contributed by atoms with Crippen LogP contribution in [-0.2, 0) is 16.6 Å². The molecule has 0 aliphatic rings. The second-order valence-corrected chi connectivity index (χ2v) is 8.99. The highest BCUT2D eigenvalue weighted by Crippen LogP contribution is 2.23. The first-order valence-electron chi connectivity index (χ1n) is 8.96. The van der Waals surface area contributed by atoms with Crippen LogP contribution in [0.5, 0.6) is 0 Å². The summed E-state index contributed by atoms with van der Waals surface area (Å²) in [7, 11) is -2.25. The summed E-state index contributed by atoms with van der Waals surface area (Å²) in [6, 6.07) is 20.3. The maximum absolute atomic E-state index is 12.8. The molecule has 0 saturated carbocycles. The fraction of sp³-hybridized carbons (Fsp3) is 0.136. The largest absolute Gasteiger partial charge is 0.348 e. The van der Waals surface area contributed by atoms with E-state index in [2.05, 4.69) is 5.32 Å². The topological polar surface area (TPSA) is 66.5 Å². The van der Waals surface area contributed by atoms with Crippen molar-refractivity contribution in [1.29, 1.82) is 0 Å². The second kappa shape index (κ2) is 8.68. The Morgan fingerprint density at radius 1 is 0.966 bits per heavy atom. The molecule has 0 atom stereocenters. The molecule has 0 aliphatic heterocycles. The number of halogens is 1. The standard InChI is InChI=1S/C22H21ClN2O3S/c1-16-5-3-4-6-18(16)15-24-22(26)17-7-11-20(12-8-17)25(2)29(27,28)21-13-9-19(23)10-14-21/h3-14H,15H2,1-2H3,(H,24,26). The van der Waals surface area contributed by atoms with Crippen molar-refractivity contribution >= 4 is 33.2 Å². The van der Waals surface area contributed by atoms with E-state index in [9.17, 15) is 13.2 Å². The smallest absolute Gasteiger partial charge is 0.264 e. The summed E-state index contributed by atoms with van der Waals surface area (Å²) in [5.74, 6) is -0.219. The number of carbonyl (C=O) groups excluding carboxylic acids is 1. The van der Waals surface area contributed by atoms with Gasteiger partial charge in [0.1, 0.15) is 0 Å². The third kappa shape index (κ3) is 4.78. The van der Waals surface area contributed by atoms with Crippen LogP contribution in [0.4, 0.5) is 5.69 Å². The van der Waals surface area contributed by atoms with Crippen molar-refractivity contribution in [3.63, 3.8) is 0 Å². The zero-order valence-electron chi connectivity index (χ0n) is 16.1. The molecule has 7 heteroatoms. The van der Waals surface area contributed by atoms with Crippen LogP contribution >= 0.6 is 11.6 Å². The fourth-order valence-corrected chi connectivity index (χ4v) is 4.13. The van der Waals surface area contributed by atoms with Crippen molar-refractivity contribution < 1.29 is 13.2 Å². The van der Waals surface area contributed by atoms with Crippen LogP contribution in [0.15, 0.2) is 77.7 Å². The second-order valence-electron chi connectivity index (χ2n) is 6.58. The first-order valence-corrected chi connectivity index (χ1v) is 10.8. The van der Waals surface area contributed by atoms with Gasteiger partial charge in [0.15, 0.2) is 0 Å². The third-order valence-electron chi connectivity index (χ3n) is 4.67. The predicted octanol–water partition coefficient (Wildman–Crippen LogP) is 4.40. The third-order valence-corrected chi connectivity index (χ3v) is 6.72. The highest BCUT2D eigenvalue weighted by Gasteiger charge is 2.21. The molecule has 3 aromatic carbocycles. The van der Waals surface area contributed by atoms with E-state index >= 15 is 0 Å². The highest BCUT2D eigenvalue weighted by atomic mass is 35.5. The van der Waals surface area contributed by atoms with Gasteiger partial charge in [-0.2, -0.15) is 0 Å². The maximum atomic E-state index is 12.8. The van der Waals surface area contributed by atoms with Crippen molar-refractivity contribution in [2.24, 2.45) is 0 Å². The number of carbonyl (C=O) groups is 1. The normalized spacial score (nSPS) is 11.1. The Labute approximate surface area is 176 Å². The van der Waals surface area contributed by atoms with Gasteiger partial charge in [0, 0.05) is 24.2 Å². The first kappa shape index (κ1) is 20.9. The van der Waals surface area contributed by atoms with Crippen LogP contribution in [0.3, 0.4) is 0 Å². The minimum atomic E-state index is -3.72. The molecule has 0 spiro atoms. The van der Waals surface area contributed by atoms with Gasteiger partial charge in [0.25, 0.3) is 15.9 Å². The highest BCUT2D eigenvalue weighted by molar-refractivity contribution is 7.92. The zero-order valence-corrected chi connectivity index (χ0v) is 17.7.